The van der Waals surface area contributed by atoms with E-state index in [1.165, 1.54) is 12.1 Å². The first-order valence-corrected chi connectivity index (χ1v) is 14.2. The summed E-state index contributed by atoms with van der Waals surface area (Å²) in [6.07, 6.45) is 7.91. The molecule has 206 valence electrons. The SMILES string of the molecule is CN1CCC[C@H]1C(=O)NCC1CCC(Nc2cc(-c3cccc(NCc4cccc(F)c4)n3)c(Cl)cn2)CC1. The van der Waals surface area contributed by atoms with Crippen molar-refractivity contribution in [3.8, 4) is 11.3 Å². The first-order valence-electron chi connectivity index (χ1n) is 13.8. The molecule has 1 aromatic carbocycles. The molecule has 1 aliphatic heterocycles. The van der Waals surface area contributed by atoms with Crippen LogP contribution < -0.4 is 16.0 Å². The number of pyridine rings is 2. The highest BCUT2D eigenvalue weighted by Crippen LogP contribution is 2.31. The van der Waals surface area contributed by atoms with E-state index in [0.717, 1.165) is 74.3 Å². The molecule has 0 radical (unpaired) electrons. The molecule has 39 heavy (non-hydrogen) atoms. The van der Waals surface area contributed by atoms with Gasteiger partial charge in [0.25, 0.3) is 0 Å². The van der Waals surface area contributed by atoms with Crippen molar-refractivity contribution in [2.45, 2.75) is 57.2 Å². The Kier molecular flexibility index (Phi) is 8.94. The van der Waals surface area contributed by atoms with Crippen molar-refractivity contribution in [1.82, 2.24) is 20.2 Å². The van der Waals surface area contributed by atoms with Crippen LogP contribution in [0.2, 0.25) is 5.02 Å². The van der Waals surface area contributed by atoms with Crippen LogP contribution in [0.3, 0.4) is 0 Å². The summed E-state index contributed by atoms with van der Waals surface area (Å²) in [7, 11) is 2.03. The summed E-state index contributed by atoms with van der Waals surface area (Å²) in [5, 5.41) is 10.6. The third-order valence-electron chi connectivity index (χ3n) is 7.83. The van der Waals surface area contributed by atoms with Gasteiger partial charge in [0.05, 0.1) is 16.8 Å². The first kappa shape index (κ1) is 27.3. The molecule has 3 N–H and O–H groups in total. The van der Waals surface area contributed by atoms with E-state index in [4.69, 9.17) is 16.6 Å². The van der Waals surface area contributed by atoms with E-state index >= 15 is 0 Å². The van der Waals surface area contributed by atoms with E-state index in [9.17, 15) is 9.18 Å². The maximum absolute atomic E-state index is 13.5. The van der Waals surface area contributed by atoms with E-state index in [-0.39, 0.29) is 17.8 Å². The van der Waals surface area contributed by atoms with Crippen LogP contribution in [0.5, 0.6) is 0 Å². The molecule has 0 unspecified atom stereocenters. The number of benzene rings is 1. The van der Waals surface area contributed by atoms with Gasteiger partial charge in [0.15, 0.2) is 0 Å². The standard InChI is InChI=1S/C30H36ClFN6O/c1-38-14-4-8-27(38)30(39)35-17-20-10-12-23(13-11-20)36-29-16-24(25(31)19-34-29)26-7-3-9-28(37-26)33-18-21-5-2-6-22(32)15-21/h2-3,5-7,9,15-16,19-20,23,27H,4,8,10-14,17-18H2,1H3,(H,33,37)(H,34,36)(H,35,39)/t20?,23?,27-/m0/s1. The monoisotopic (exact) mass is 550 g/mol. The van der Waals surface area contributed by atoms with Crippen molar-refractivity contribution in [3.05, 3.63) is 71.1 Å². The second-order valence-electron chi connectivity index (χ2n) is 10.7. The summed E-state index contributed by atoms with van der Waals surface area (Å²) >= 11 is 6.52. The predicted octanol–water partition coefficient (Wildman–Crippen LogP) is 5.73. The van der Waals surface area contributed by atoms with Crippen LogP contribution in [0.4, 0.5) is 16.0 Å². The molecule has 1 saturated carbocycles. The largest absolute Gasteiger partial charge is 0.367 e. The number of aromatic nitrogens is 2. The van der Waals surface area contributed by atoms with Crippen LogP contribution in [-0.4, -0.2) is 53.0 Å². The van der Waals surface area contributed by atoms with Gasteiger partial charge in [-0.2, -0.15) is 0 Å². The molecule has 9 heteroatoms. The molecule has 1 amide bonds. The Morgan fingerprint density at radius 1 is 1.08 bits per heavy atom. The fraction of sp³-hybridized carbons (Fsp3) is 0.433. The van der Waals surface area contributed by atoms with Crippen LogP contribution in [0.1, 0.15) is 44.1 Å². The number of likely N-dealkylation sites (tertiary alicyclic amines) is 1. The number of halogens is 2. The van der Waals surface area contributed by atoms with Crippen molar-refractivity contribution in [2.24, 2.45) is 5.92 Å². The van der Waals surface area contributed by atoms with Gasteiger partial charge in [0, 0.05) is 30.9 Å². The Balaban J connectivity index is 1.14. The number of carbonyl (C=O) groups is 1. The predicted molar refractivity (Wildman–Crippen MR) is 154 cm³/mol. The third kappa shape index (κ3) is 7.25. The van der Waals surface area contributed by atoms with E-state index < -0.39 is 0 Å². The van der Waals surface area contributed by atoms with Gasteiger partial charge in [-0.15, -0.1) is 0 Å². The second-order valence-corrected chi connectivity index (χ2v) is 11.1. The highest BCUT2D eigenvalue weighted by molar-refractivity contribution is 6.33. The molecule has 2 fully saturated rings. The molecule has 2 aliphatic rings. The number of amides is 1. The number of carbonyl (C=O) groups excluding carboxylic acids is 1. The van der Waals surface area contributed by atoms with Gasteiger partial charge in [-0.1, -0.05) is 29.8 Å². The van der Waals surface area contributed by atoms with Crippen molar-refractivity contribution in [2.75, 3.05) is 30.8 Å². The van der Waals surface area contributed by atoms with Crippen molar-refractivity contribution in [3.63, 3.8) is 0 Å². The Bertz CT molecular complexity index is 1280. The van der Waals surface area contributed by atoms with Crippen LogP contribution in [0.25, 0.3) is 11.3 Å². The molecule has 0 spiro atoms. The minimum absolute atomic E-state index is 0.0348. The van der Waals surface area contributed by atoms with Gasteiger partial charge < -0.3 is 16.0 Å². The molecule has 0 bridgehead atoms. The van der Waals surface area contributed by atoms with Crippen molar-refractivity contribution >= 4 is 29.1 Å². The van der Waals surface area contributed by atoms with Crippen LogP contribution in [-0.2, 0) is 11.3 Å². The zero-order valence-corrected chi connectivity index (χ0v) is 23.1. The maximum Gasteiger partial charge on any atom is 0.237 e. The topological polar surface area (TPSA) is 82.2 Å². The summed E-state index contributed by atoms with van der Waals surface area (Å²) in [5.74, 6) is 1.89. The lowest BCUT2D eigenvalue weighted by Crippen LogP contribution is -2.43. The molecule has 1 aliphatic carbocycles. The first-order chi connectivity index (χ1) is 18.9. The molecule has 1 atom stereocenters. The average Bonchev–Trinajstić information content (AvgIpc) is 3.38. The second kappa shape index (κ2) is 12.7. The molecular weight excluding hydrogens is 515 g/mol. The van der Waals surface area contributed by atoms with Gasteiger partial charge >= 0.3 is 0 Å². The lowest BCUT2D eigenvalue weighted by Gasteiger charge is -2.30. The molecule has 2 aromatic heterocycles. The Hall–Kier alpha value is -3.23. The van der Waals surface area contributed by atoms with Gasteiger partial charge in [0.2, 0.25) is 5.91 Å². The quantitative estimate of drug-likeness (QED) is 0.316. The van der Waals surface area contributed by atoms with Crippen LogP contribution in [0, 0.1) is 11.7 Å². The number of hydrogen-bond acceptors (Lipinski definition) is 6. The van der Waals surface area contributed by atoms with Crippen molar-refractivity contribution < 1.29 is 9.18 Å². The number of anilines is 2. The molecule has 3 aromatic rings. The molecular formula is C30H36ClFN6O. The zero-order valence-electron chi connectivity index (χ0n) is 22.3. The minimum atomic E-state index is -0.257. The Morgan fingerprint density at radius 2 is 1.90 bits per heavy atom. The number of hydrogen-bond donors (Lipinski definition) is 3. The third-order valence-corrected chi connectivity index (χ3v) is 8.13. The fourth-order valence-corrected chi connectivity index (χ4v) is 5.76. The Labute approximate surface area is 234 Å². The number of likely N-dealkylation sites (N-methyl/N-ethyl adjacent to an activating group) is 1. The van der Waals surface area contributed by atoms with E-state index in [1.54, 1.807) is 12.3 Å². The van der Waals surface area contributed by atoms with Crippen molar-refractivity contribution in [1.29, 1.82) is 0 Å². The van der Waals surface area contributed by atoms with Gasteiger partial charge in [-0.25, -0.2) is 14.4 Å². The molecule has 3 heterocycles. The number of nitrogens with zero attached hydrogens (tertiary/aromatic N) is 3. The molecule has 5 rings (SSSR count). The average molecular weight is 551 g/mol. The Morgan fingerprint density at radius 3 is 2.67 bits per heavy atom. The highest BCUT2D eigenvalue weighted by Gasteiger charge is 2.28. The number of nitrogens with one attached hydrogen (secondary N) is 3. The summed E-state index contributed by atoms with van der Waals surface area (Å²) < 4.78 is 13.5. The number of rotatable bonds is 9. The maximum atomic E-state index is 13.5. The van der Waals surface area contributed by atoms with Crippen LogP contribution in [0.15, 0.2) is 54.7 Å². The van der Waals surface area contributed by atoms with Gasteiger partial charge in [-0.3, -0.25) is 9.69 Å². The van der Waals surface area contributed by atoms with Gasteiger partial charge in [-0.05, 0) is 93.9 Å². The summed E-state index contributed by atoms with van der Waals surface area (Å²) in [6.45, 7) is 2.23. The highest BCUT2D eigenvalue weighted by atomic mass is 35.5. The normalized spacial score (nSPS) is 21.5. The minimum Gasteiger partial charge on any atom is -0.367 e. The summed E-state index contributed by atoms with van der Waals surface area (Å²) in [5.41, 5.74) is 2.38. The lowest BCUT2D eigenvalue weighted by atomic mass is 9.86. The fourth-order valence-electron chi connectivity index (χ4n) is 5.56. The summed E-state index contributed by atoms with van der Waals surface area (Å²) in [6, 6.07) is 14.5. The van der Waals surface area contributed by atoms with E-state index in [2.05, 4.69) is 25.8 Å². The van der Waals surface area contributed by atoms with E-state index in [0.29, 0.717) is 29.3 Å². The molecule has 7 nitrogen and oxygen atoms in total. The van der Waals surface area contributed by atoms with E-state index in [1.807, 2.05) is 37.4 Å². The zero-order chi connectivity index (χ0) is 27.2. The smallest absolute Gasteiger partial charge is 0.237 e. The molecule has 1 saturated heterocycles. The summed E-state index contributed by atoms with van der Waals surface area (Å²) in [4.78, 5) is 23.9. The van der Waals surface area contributed by atoms with Gasteiger partial charge in [0.1, 0.15) is 17.5 Å². The lowest BCUT2D eigenvalue weighted by molar-refractivity contribution is -0.125. The van der Waals surface area contributed by atoms with Crippen LogP contribution >= 0.6 is 11.6 Å².